The first kappa shape index (κ1) is 27.4. The van der Waals surface area contributed by atoms with Crippen molar-refractivity contribution in [2.45, 2.75) is 32.9 Å². The Balaban J connectivity index is 2.48. The number of amides is 2. The van der Waals surface area contributed by atoms with Crippen molar-refractivity contribution >= 4 is 66.7 Å². The smallest absolute Gasteiger partial charge is 0.244 e. The summed E-state index contributed by atoms with van der Waals surface area (Å²) in [4.78, 5) is 27.4. The van der Waals surface area contributed by atoms with Gasteiger partial charge in [-0.05, 0) is 54.8 Å². The first-order valence-electron chi connectivity index (χ1n) is 10.1. The summed E-state index contributed by atoms with van der Waals surface area (Å²) in [6.07, 6.45) is 1.36. The van der Waals surface area contributed by atoms with E-state index in [1.54, 1.807) is 43.3 Å². The van der Waals surface area contributed by atoms with E-state index in [1.807, 2.05) is 6.92 Å². The molecule has 1 N–H and O–H groups in total. The zero-order valence-electron chi connectivity index (χ0n) is 18.7. The highest BCUT2D eigenvalue weighted by molar-refractivity contribution is 9.10. The molecule has 2 aromatic rings. The number of likely N-dealkylation sites (N-methyl/N-ethyl adjacent to an activating group) is 1. The molecule has 180 valence electrons. The van der Waals surface area contributed by atoms with Gasteiger partial charge in [0.2, 0.25) is 21.8 Å². The second kappa shape index (κ2) is 11.6. The number of rotatable bonds is 9. The van der Waals surface area contributed by atoms with Crippen LogP contribution in [0, 0.1) is 6.92 Å². The van der Waals surface area contributed by atoms with Crippen molar-refractivity contribution in [3.05, 3.63) is 62.0 Å². The van der Waals surface area contributed by atoms with Crippen LogP contribution in [0.4, 0.5) is 5.69 Å². The predicted octanol–water partition coefficient (Wildman–Crippen LogP) is 4.38. The van der Waals surface area contributed by atoms with E-state index in [-0.39, 0.29) is 12.5 Å². The van der Waals surface area contributed by atoms with Gasteiger partial charge >= 0.3 is 0 Å². The van der Waals surface area contributed by atoms with Crippen molar-refractivity contribution in [2.75, 3.05) is 24.2 Å². The Morgan fingerprint density at radius 2 is 1.82 bits per heavy atom. The number of hydrogen-bond donors (Lipinski definition) is 1. The molecule has 0 saturated heterocycles. The van der Waals surface area contributed by atoms with Crippen molar-refractivity contribution in [2.24, 2.45) is 0 Å². The minimum absolute atomic E-state index is 0.0116. The Bertz CT molecular complexity index is 1140. The summed E-state index contributed by atoms with van der Waals surface area (Å²) < 4.78 is 27.0. The highest BCUT2D eigenvalue weighted by atomic mass is 79.9. The number of benzene rings is 2. The third kappa shape index (κ3) is 7.09. The zero-order chi connectivity index (χ0) is 24.9. The highest BCUT2D eigenvalue weighted by Crippen LogP contribution is 2.26. The monoisotopic (exact) mass is 577 g/mol. The molecule has 7 nitrogen and oxygen atoms in total. The quantitative estimate of drug-likeness (QED) is 0.478. The third-order valence-electron chi connectivity index (χ3n) is 5.10. The van der Waals surface area contributed by atoms with Gasteiger partial charge in [-0.25, -0.2) is 8.42 Å². The Labute approximate surface area is 213 Å². The number of anilines is 1. The van der Waals surface area contributed by atoms with Gasteiger partial charge < -0.3 is 10.2 Å². The maximum absolute atomic E-state index is 13.5. The first-order chi connectivity index (χ1) is 15.4. The van der Waals surface area contributed by atoms with Crippen LogP contribution in [0.25, 0.3) is 0 Å². The van der Waals surface area contributed by atoms with Gasteiger partial charge in [0, 0.05) is 28.1 Å². The lowest BCUT2D eigenvalue weighted by molar-refractivity contribution is -0.140. The van der Waals surface area contributed by atoms with Gasteiger partial charge in [0.1, 0.15) is 12.6 Å². The fourth-order valence-corrected chi connectivity index (χ4v) is 4.87. The zero-order valence-corrected chi connectivity index (χ0v) is 22.6. The Hall–Kier alpha value is -1.81. The number of carbonyl (C=O) groups excluding carboxylic acids is 2. The van der Waals surface area contributed by atoms with Crippen molar-refractivity contribution in [1.29, 1.82) is 0 Å². The van der Waals surface area contributed by atoms with Gasteiger partial charge in [-0.2, -0.15) is 0 Å². The molecule has 0 bridgehead atoms. The van der Waals surface area contributed by atoms with Gasteiger partial charge in [0.15, 0.2) is 0 Å². The summed E-state index contributed by atoms with van der Waals surface area (Å²) in [5.41, 5.74) is 1.75. The number of halogens is 3. The summed E-state index contributed by atoms with van der Waals surface area (Å²) in [6.45, 7) is 3.13. The molecular weight excluding hydrogens is 553 g/mol. The predicted molar refractivity (Wildman–Crippen MR) is 136 cm³/mol. The average molecular weight is 579 g/mol. The Kier molecular flexibility index (Phi) is 9.60. The van der Waals surface area contributed by atoms with Crippen LogP contribution in [-0.4, -0.2) is 51.0 Å². The van der Waals surface area contributed by atoms with Crippen molar-refractivity contribution in [3.63, 3.8) is 0 Å². The van der Waals surface area contributed by atoms with Crippen molar-refractivity contribution < 1.29 is 18.0 Å². The fraction of sp³-hybridized carbons (Fsp3) is 0.364. The van der Waals surface area contributed by atoms with Crippen LogP contribution in [-0.2, 0) is 26.2 Å². The van der Waals surface area contributed by atoms with Crippen LogP contribution in [0.3, 0.4) is 0 Å². The van der Waals surface area contributed by atoms with Crippen LogP contribution in [0.5, 0.6) is 0 Å². The van der Waals surface area contributed by atoms with Crippen molar-refractivity contribution in [1.82, 2.24) is 10.2 Å². The van der Waals surface area contributed by atoms with Crippen LogP contribution in [0.1, 0.15) is 24.5 Å². The molecule has 1 atom stereocenters. The molecule has 33 heavy (non-hydrogen) atoms. The number of aryl methyl sites for hydroxylation is 1. The van der Waals surface area contributed by atoms with Crippen LogP contribution >= 0.6 is 39.1 Å². The molecule has 0 aliphatic carbocycles. The second-order valence-electron chi connectivity index (χ2n) is 7.50. The molecule has 2 aromatic carbocycles. The SMILES string of the molecule is CC[C@H](C(=O)NC)N(Cc1ccc(Cl)cc1Cl)C(=O)CN(c1ccc(Br)c(C)c1)S(C)(=O)=O. The van der Waals surface area contributed by atoms with Gasteiger partial charge in [-0.3, -0.25) is 13.9 Å². The number of nitrogens with one attached hydrogen (secondary N) is 1. The summed E-state index contributed by atoms with van der Waals surface area (Å²) in [5.74, 6) is -0.899. The second-order valence-corrected chi connectivity index (χ2v) is 11.1. The molecule has 0 aliphatic rings. The van der Waals surface area contributed by atoms with E-state index >= 15 is 0 Å². The normalized spacial score (nSPS) is 12.2. The summed E-state index contributed by atoms with van der Waals surface area (Å²) in [5, 5.41) is 3.35. The van der Waals surface area contributed by atoms with Crippen LogP contribution in [0.2, 0.25) is 10.0 Å². The van der Waals surface area contributed by atoms with Gasteiger partial charge in [-0.15, -0.1) is 0 Å². The number of hydrogen-bond acceptors (Lipinski definition) is 4. The molecule has 11 heteroatoms. The molecule has 0 unspecified atom stereocenters. The third-order valence-corrected chi connectivity index (χ3v) is 7.71. The molecule has 0 saturated carbocycles. The summed E-state index contributed by atoms with van der Waals surface area (Å²) in [6, 6.07) is 9.06. The minimum atomic E-state index is -3.79. The fourth-order valence-electron chi connectivity index (χ4n) is 3.32. The number of sulfonamides is 1. The molecule has 2 amide bonds. The Morgan fingerprint density at radius 3 is 2.33 bits per heavy atom. The average Bonchev–Trinajstić information content (AvgIpc) is 2.74. The molecule has 2 rings (SSSR count). The lowest BCUT2D eigenvalue weighted by Crippen LogP contribution is -2.51. The van der Waals surface area contributed by atoms with E-state index in [0.717, 1.165) is 20.6 Å². The van der Waals surface area contributed by atoms with E-state index in [4.69, 9.17) is 23.2 Å². The minimum Gasteiger partial charge on any atom is -0.357 e. The van der Waals surface area contributed by atoms with E-state index in [0.29, 0.717) is 27.7 Å². The van der Waals surface area contributed by atoms with Crippen LogP contribution < -0.4 is 9.62 Å². The lowest BCUT2D eigenvalue weighted by atomic mass is 10.1. The van der Waals surface area contributed by atoms with E-state index in [1.165, 1.54) is 11.9 Å². The number of carbonyl (C=O) groups is 2. The van der Waals surface area contributed by atoms with Gasteiger partial charge in [0.25, 0.3) is 0 Å². The maximum Gasteiger partial charge on any atom is 0.244 e. The molecule has 0 spiro atoms. The standard InChI is InChI=1S/C22H26BrCl2N3O4S/c1-5-20(22(30)26-3)27(12-15-6-7-16(24)11-19(15)25)21(29)13-28(33(4,31)32)17-8-9-18(23)14(2)10-17/h6-11,20H,5,12-13H2,1-4H3,(H,26,30)/t20-/m1/s1. The molecule has 0 aromatic heterocycles. The van der Waals surface area contributed by atoms with E-state index < -0.39 is 28.5 Å². The molecular formula is C22H26BrCl2N3O4S. The maximum atomic E-state index is 13.5. The molecule has 0 heterocycles. The molecule has 0 aliphatic heterocycles. The van der Waals surface area contributed by atoms with E-state index in [2.05, 4.69) is 21.2 Å². The van der Waals surface area contributed by atoms with E-state index in [9.17, 15) is 18.0 Å². The topological polar surface area (TPSA) is 86.8 Å². The van der Waals surface area contributed by atoms with Crippen LogP contribution in [0.15, 0.2) is 40.9 Å². The summed E-state index contributed by atoms with van der Waals surface area (Å²) >= 11 is 15.7. The summed E-state index contributed by atoms with van der Waals surface area (Å²) in [7, 11) is -2.31. The Morgan fingerprint density at radius 1 is 1.15 bits per heavy atom. The highest BCUT2D eigenvalue weighted by Gasteiger charge is 2.31. The lowest BCUT2D eigenvalue weighted by Gasteiger charge is -2.32. The molecule has 0 radical (unpaired) electrons. The van der Waals surface area contributed by atoms with Crippen molar-refractivity contribution in [3.8, 4) is 0 Å². The van der Waals surface area contributed by atoms with Gasteiger partial charge in [-0.1, -0.05) is 52.1 Å². The molecule has 0 fully saturated rings. The first-order valence-corrected chi connectivity index (χ1v) is 13.5. The number of nitrogens with zero attached hydrogens (tertiary/aromatic N) is 2. The largest absolute Gasteiger partial charge is 0.357 e. The van der Waals surface area contributed by atoms with Gasteiger partial charge in [0.05, 0.1) is 11.9 Å².